The largest absolute Gasteiger partial charge is 0.311 e. The van der Waals surface area contributed by atoms with E-state index in [1.54, 1.807) is 0 Å². The Labute approximate surface area is 406 Å². The molecule has 67 heavy (non-hydrogen) atoms. The molecule has 0 N–H and O–H groups in total. The van der Waals surface area contributed by atoms with Crippen LogP contribution in [0.1, 0.15) is 162 Å². The summed E-state index contributed by atoms with van der Waals surface area (Å²) in [4.78, 5) is 5.46. The van der Waals surface area contributed by atoms with Gasteiger partial charge in [0.15, 0.2) is 0 Å². The molecule has 2 nitrogen and oxygen atoms in total. The highest BCUT2D eigenvalue weighted by Gasteiger charge is 2.49. The Balaban J connectivity index is 1.31. The van der Waals surface area contributed by atoms with Crippen molar-refractivity contribution < 1.29 is 0 Å². The van der Waals surface area contributed by atoms with Gasteiger partial charge in [-0.05, 0) is 170 Å². The smallest absolute Gasteiger partial charge is 0.264 e. The number of hydrogen-bond acceptors (Lipinski definition) is 3. The number of aryl methyl sites for hydroxylation is 1. The summed E-state index contributed by atoms with van der Waals surface area (Å²) in [6.07, 6.45) is 4.74. The molecule has 342 valence electrons. The molecule has 0 spiro atoms. The molecule has 0 saturated heterocycles. The highest BCUT2D eigenvalue weighted by molar-refractivity contribution is 7.33. The Morgan fingerprint density at radius 3 is 1.72 bits per heavy atom. The van der Waals surface area contributed by atoms with Crippen molar-refractivity contribution in [2.75, 3.05) is 9.80 Å². The van der Waals surface area contributed by atoms with Crippen LogP contribution in [0, 0.1) is 6.92 Å². The number of benzene rings is 6. The Hall–Kier alpha value is -5.06. The fourth-order valence-corrected chi connectivity index (χ4v) is 13.7. The minimum atomic E-state index is -0.117. The molecule has 4 aliphatic rings. The van der Waals surface area contributed by atoms with Crippen LogP contribution in [-0.4, -0.2) is 6.71 Å². The minimum absolute atomic E-state index is 0.0118. The van der Waals surface area contributed by atoms with E-state index >= 15 is 0 Å². The molecule has 6 aromatic carbocycles. The molecule has 0 amide bonds. The van der Waals surface area contributed by atoms with Crippen LogP contribution < -0.4 is 25.5 Å². The molecule has 0 fully saturated rings. The molecule has 1 aromatic heterocycles. The minimum Gasteiger partial charge on any atom is -0.311 e. The zero-order chi connectivity index (χ0) is 47.5. The third kappa shape index (κ3) is 6.84. The lowest BCUT2D eigenvalue weighted by molar-refractivity contribution is 0.332. The third-order valence-electron chi connectivity index (χ3n) is 16.9. The van der Waals surface area contributed by atoms with Crippen LogP contribution in [0.3, 0.4) is 0 Å². The van der Waals surface area contributed by atoms with Gasteiger partial charge in [-0.3, -0.25) is 0 Å². The van der Waals surface area contributed by atoms with Gasteiger partial charge >= 0.3 is 0 Å². The molecular formula is C63H71BN2S. The zero-order valence-electron chi connectivity index (χ0n) is 43.1. The predicted molar refractivity (Wildman–Crippen MR) is 294 cm³/mol. The lowest BCUT2D eigenvalue weighted by atomic mass is 9.35. The van der Waals surface area contributed by atoms with E-state index in [-0.39, 0.29) is 39.2 Å². The van der Waals surface area contributed by atoms with Crippen molar-refractivity contribution in [1.29, 1.82) is 0 Å². The number of anilines is 6. The molecule has 0 unspecified atom stereocenters. The fraction of sp³-hybridized carbons (Fsp3) is 0.397. The summed E-state index contributed by atoms with van der Waals surface area (Å²) in [6, 6.07) is 43.8. The topological polar surface area (TPSA) is 6.48 Å². The van der Waals surface area contributed by atoms with Crippen molar-refractivity contribution in [2.45, 2.75) is 162 Å². The first kappa shape index (κ1) is 44.5. The van der Waals surface area contributed by atoms with Crippen LogP contribution in [0.2, 0.25) is 0 Å². The first-order chi connectivity index (χ1) is 31.4. The summed E-state index contributed by atoms with van der Waals surface area (Å²) in [5, 5.41) is 1.34. The van der Waals surface area contributed by atoms with Gasteiger partial charge in [-0.15, -0.1) is 11.3 Å². The SMILES string of the molecule is Cc1ccc2sc3c(c2c1)N(c1ccc(C(C)(C)C)cc1-c1ccccc1)c1cc(C(C)(C)C)cc2c1B3c1cc3c(cc1N2c1ccc2c(c1)C(C)(C)CCC2(C)C)C(C)(C)CCC3(C)C. The second-order valence-corrected chi connectivity index (χ2v) is 26.8. The first-order valence-corrected chi connectivity index (χ1v) is 26.0. The van der Waals surface area contributed by atoms with Crippen LogP contribution in [0.5, 0.6) is 0 Å². The molecule has 3 heterocycles. The predicted octanol–water partition coefficient (Wildman–Crippen LogP) is 16.3. The van der Waals surface area contributed by atoms with Gasteiger partial charge < -0.3 is 9.80 Å². The second-order valence-electron chi connectivity index (χ2n) is 25.7. The highest BCUT2D eigenvalue weighted by atomic mass is 32.1. The third-order valence-corrected chi connectivity index (χ3v) is 18.2. The Morgan fingerprint density at radius 1 is 0.507 bits per heavy atom. The van der Waals surface area contributed by atoms with Gasteiger partial charge in [0.05, 0.1) is 11.4 Å². The van der Waals surface area contributed by atoms with Gasteiger partial charge in [0.2, 0.25) is 0 Å². The van der Waals surface area contributed by atoms with E-state index in [4.69, 9.17) is 0 Å². The molecular weight excluding hydrogens is 828 g/mol. The van der Waals surface area contributed by atoms with Gasteiger partial charge in [0.25, 0.3) is 6.71 Å². The molecule has 2 aliphatic heterocycles. The molecule has 0 saturated carbocycles. The van der Waals surface area contributed by atoms with Gasteiger partial charge in [-0.25, -0.2) is 0 Å². The lowest BCUT2D eigenvalue weighted by Gasteiger charge is -2.48. The van der Waals surface area contributed by atoms with Gasteiger partial charge in [-0.2, -0.15) is 0 Å². The van der Waals surface area contributed by atoms with Gasteiger partial charge in [0, 0.05) is 43.2 Å². The highest BCUT2D eigenvalue weighted by Crippen LogP contribution is 2.55. The van der Waals surface area contributed by atoms with Crippen LogP contribution in [0.4, 0.5) is 34.1 Å². The maximum atomic E-state index is 2.73. The van der Waals surface area contributed by atoms with E-state index < -0.39 is 0 Å². The van der Waals surface area contributed by atoms with E-state index in [0.29, 0.717) is 0 Å². The monoisotopic (exact) mass is 899 g/mol. The number of fused-ring (bicyclic) bond motifs is 8. The van der Waals surface area contributed by atoms with Crippen LogP contribution >= 0.6 is 11.3 Å². The maximum absolute atomic E-state index is 2.73. The van der Waals surface area contributed by atoms with E-state index in [1.165, 1.54) is 136 Å². The molecule has 11 rings (SSSR count). The number of thiophene rings is 1. The first-order valence-electron chi connectivity index (χ1n) is 25.2. The van der Waals surface area contributed by atoms with Gasteiger partial charge in [0.1, 0.15) is 0 Å². The lowest BCUT2D eigenvalue weighted by Crippen LogP contribution is -2.61. The number of rotatable bonds is 3. The quantitative estimate of drug-likeness (QED) is 0.163. The average Bonchev–Trinajstić information content (AvgIpc) is 3.64. The summed E-state index contributed by atoms with van der Waals surface area (Å²) in [7, 11) is 0. The maximum Gasteiger partial charge on any atom is 0.264 e. The standard InChI is InChI=1S/C63H71BN2S/c1-38-21-26-54-44(31-38)56-57(67-54)64-49-36-47-48(63(14,15)30-29-62(47,12)13)37-51(49)65(42-23-24-45-46(35-42)61(10,11)28-27-60(45,8)9)52-33-41(59(5,6)7)34-53(55(52)64)66(56)50-25-22-40(58(2,3)4)32-43(50)39-19-17-16-18-20-39/h16-26,31-37H,27-30H2,1-15H3. The van der Waals surface area contributed by atoms with Crippen molar-refractivity contribution >= 4 is 78.0 Å². The average molecular weight is 899 g/mol. The van der Waals surface area contributed by atoms with Crippen molar-refractivity contribution in [2.24, 2.45) is 0 Å². The van der Waals surface area contributed by atoms with Crippen LogP contribution in [-0.2, 0) is 32.5 Å². The molecule has 7 aromatic rings. The van der Waals surface area contributed by atoms with E-state index in [1.807, 2.05) is 11.3 Å². The molecule has 0 radical (unpaired) electrons. The van der Waals surface area contributed by atoms with Crippen molar-refractivity contribution in [3.05, 3.63) is 148 Å². The Morgan fingerprint density at radius 2 is 1.09 bits per heavy atom. The van der Waals surface area contributed by atoms with E-state index in [9.17, 15) is 0 Å². The van der Waals surface area contributed by atoms with Gasteiger partial charge in [-0.1, -0.05) is 157 Å². The summed E-state index contributed by atoms with van der Waals surface area (Å²) in [5.41, 5.74) is 23.4. The van der Waals surface area contributed by atoms with Crippen molar-refractivity contribution in [3.8, 4) is 11.1 Å². The normalized spacial score (nSPS) is 18.5. The van der Waals surface area contributed by atoms with Crippen LogP contribution in [0.15, 0.2) is 109 Å². The molecule has 0 bridgehead atoms. The Kier molecular flexibility index (Phi) is 9.61. The summed E-state index contributed by atoms with van der Waals surface area (Å²) < 4.78 is 2.79. The van der Waals surface area contributed by atoms with E-state index in [2.05, 4.69) is 223 Å². The number of nitrogens with zero attached hydrogens (tertiary/aromatic N) is 2. The summed E-state index contributed by atoms with van der Waals surface area (Å²) in [5.74, 6) is 0. The second kappa shape index (κ2) is 14.5. The van der Waals surface area contributed by atoms with E-state index in [0.717, 1.165) is 0 Å². The summed E-state index contributed by atoms with van der Waals surface area (Å²) >= 11 is 2.02. The summed E-state index contributed by atoms with van der Waals surface area (Å²) in [6.45, 7) is 36.4. The van der Waals surface area contributed by atoms with Crippen molar-refractivity contribution in [1.82, 2.24) is 0 Å². The fourth-order valence-electron chi connectivity index (χ4n) is 12.4. The van der Waals surface area contributed by atoms with Crippen molar-refractivity contribution in [3.63, 3.8) is 0 Å². The molecule has 4 heteroatoms. The number of hydrogen-bond donors (Lipinski definition) is 0. The zero-order valence-corrected chi connectivity index (χ0v) is 43.9. The Bertz CT molecular complexity index is 3180. The molecule has 2 aliphatic carbocycles. The molecule has 0 atom stereocenters. The van der Waals surface area contributed by atoms with Crippen LogP contribution in [0.25, 0.3) is 21.2 Å².